The fraction of sp³-hybridized carbons (Fsp3) is 0.429. The van der Waals surface area contributed by atoms with E-state index in [4.69, 9.17) is 10.5 Å². The molecule has 6 nitrogen and oxygen atoms in total. The van der Waals surface area contributed by atoms with Gasteiger partial charge in [-0.3, -0.25) is 9.59 Å². The maximum Gasteiger partial charge on any atom is 0.226 e. The third-order valence-corrected chi connectivity index (χ3v) is 3.26. The van der Waals surface area contributed by atoms with Crippen LogP contribution in [-0.2, 0) is 9.59 Å². The molecule has 6 heteroatoms. The van der Waals surface area contributed by atoms with Crippen LogP contribution >= 0.6 is 0 Å². The van der Waals surface area contributed by atoms with Gasteiger partial charge in [0.05, 0.1) is 13.0 Å². The summed E-state index contributed by atoms with van der Waals surface area (Å²) in [7, 11) is 0. The summed E-state index contributed by atoms with van der Waals surface area (Å²) in [5, 5.41) is 0. The van der Waals surface area contributed by atoms with Crippen molar-refractivity contribution in [3.63, 3.8) is 0 Å². The van der Waals surface area contributed by atoms with Gasteiger partial charge in [0.15, 0.2) is 0 Å². The second-order valence-electron chi connectivity index (χ2n) is 4.69. The number of anilines is 1. The lowest BCUT2D eigenvalue weighted by atomic mass is 10.3. The van der Waals surface area contributed by atoms with Crippen molar-refractivity contribution < 1.29 is 14.3 Å². The van der Waals surface area contributed by atoms with Crippen molar-refractivity contribution in [2.24, 2.45) is 0 Å². The van der Waals surface area contributed by atoms with Gasteiger partial charge in [0.25, 0.3) is 0 Å². The number of rotatable bonds is 5. The van der Waals surface area contributed by atoms with E-state index in [2.05, 4.69) is 0 Å². The molecule has 0 bridgehead atoms. The van der Waals surface area contributed by atoms with Gasteiger partial charge in [0, 0.05) is 37.9 Å². The Morgan fingerprint density at radius 3 is 2.70 bits per heavy atom. The molecule has 0 atom stereocenters. The number of hydrogen-bond acceptors (Lipinski definition) is 4. The Morgan fingerprint density at radius 1 is 1.30 bits per heavy atom. The van der Waals surface area contributed by atoms with Crippen LogP contribution in [0.2, 0.25) is 0 Å². The summed E-state index contributed by atoms with van der Waals surface area (Å²) in [6, 6.07) is 7.13. The molecule has 108 valence electrons. The van der Waals surface area contributed by atoms with Crippen molar-refractivity contribution in [1.82, 2.24) is 9.80 Å². The number of carbonyl (C=O) groups is 2. The Balaban J connectivity index is 1.71. The third kappa shape index (κ3) is 3.88. The van der Waals surface area contributed by atoms with Gasteiger partial charge in [-0.15, -0.1) is 0 Å². The molecule has 1 aliphatic rings. The van der Waals surface area contributed by atoms with E-state index in [1.807, 2.05) is 12.1 Å². The minimum absolute atomic E-state index is 0.0550. The Bertz CT molecular complexity index is 470. The fourth-order valence-electron chi connectivity index (χ4n) is 2.10. The number of nitrogen functional groups attached to an aromatic ring is 1. The highest BCUT2D eigenvalue weighted by molar-refractivity contribution is 5.76. The van der Waals surface area contributed by atoms with Crippen molar-refractivity contribution in [1.29, 1.82) is 0 Å². The quantitative estimate of drug-likeness (QED) is 0.622. The van der Waals surface area contributed by atoms with Crippen LogP contribution in [0.3, 0.4) is 0 Å². The Kier molecular flexibility index (Phi) is 4.81. The van der Waals surface area contributed by atoms with Crippen LogP contribution in [0, 0.1) is 0 Å². The molecular weight excluding hydrogens is 258 g/mol. The number of nitrogens with two attached hydrogens (primary N) is 1. The van der Waals surface area contributed by atoms with Gasteiger partial charge in [-0.1, -0.05) is 6.07 Å². The van der Waals surface area contributed by atoms with Crippen molar-refractivity contribution >= 4 is 18.0 Å². The Hall–Kier alpha value is -2.24. The van der Waals surface area contributed by atoms with E-state index >= 15 is 0 Å². The standard InChI is InChI=1S/C14H19N3O3/c15-12-2-1-3-13(10-12)20-9-4-14(19)17-7-5-16(11-18)6-8-17/h1-3,10-11H,4-9,15H2. The molecule has 0 aliphatic carbocycles. The summed E-state index contributed by atoms with van der Waals surface area (Å²) in [6.07, 6.45) is 1.15. The highest BCUT2D eigenvalue weighted by Gasteiger charge is 2.19. The van der Waals surface area contributed by atoms with Crippen LogP contribution in [0.15, 0.2) is 24.3 Å². The van der Waals surface area contributed by atoms with E-state index in [9.17, 15) is 9.59 Å². The van der Waals surface area contributed by atoms with Crippen molar-refractivity contribution in [2.75, 3.05) is 38.5 Å². The van der Waals surface area contributed by atoms with Gasteiger partial charge in [0.1, 0.15) is 5.75 Å². The van der Waals surface area contributed by atoms with Gasteiger partial charge in [0.2, 0.25) is 12.3 Å². The highest BCUT2D eigenvalue weighted by Crippen LogP contribution is 2.14. The molecule has 0 radical (unpaired) electrons. The molecule has 1 heterocycles. The maximum absolute atomic E-state index is 12.0. The summed E-state index contributed by atoms with van der Waals surface area (Å²) in [6.45, 7) is 2.72. The minimum atomic E-state index is 0.0550. The summed E-state index contributed by atoms with van der Waals surface area (Å²) < 4.78 is 5.50. The minimum Gasteiger partial charge on any atom is -0.493 e. The van der Waals surface area contributed by atoms with Crippen molar-refractivity contribution in [3.8, 4) is 5.75 Å². The Labute approximate surface area is 118 Å². The zero-order chi connectivity index (χ0) is 14.4. The molecular formula is C14H19N3O3. The molecule has 1 fully saturated rings. The van der Waals surface area contributed by atoms with Crippen molar-refractivity contribution in [3.05, 3.63) is 24.3 Å². The number of piperazine rings is 1. The fourth-order valence-corrected chi connectivity index (χ4v) is 2.10. The largest absolute Gasteiger partial charge is 0.493 e. The number of amides is 2. The first-order chi connectivity index (χ1) is 9.69. The van der Waals surface area contributed by atoms with Gasteiger partial charge in [-0.2, -0.15) is 0 Å². The maximum atomic E-state index is 12.0. The van der Waals surface area contributed by atoms with Gasteiger partial charge < -0.3 is 20.3 Å². The lowest BCUT2D eigenvalue weighted by molar-refractivity contribution is -0.135. The number of ether oxygens (including phenoxy) is 1. The average Bonchev–Trinajstić information content (AvgIpc) is 2.47. The Morgan fingerprint density at radius 2 is 2.05 bits per heavy atom. The van der Waals surface area contributed by atoms with Crippen LogP contribution in [0.5, 0.6) is 5.75 Å². The third-order valence-electron chi connectivity index (χ3n) is 3.26. The van der Waals surface area contributed by atoms with Gasteiger partial charge >= 0.3 is 0 Å². The molecule has 1 aromatic carbocycles. The molecule has 1 saturated heterocycles. The molecule has 1 aliphatic heterocycles. The molecule has 2 amide bonds. The van der Waals surface area contributed by atoms with E-state index < -0.39 is 0 Å². The molecule has 2 N–H and O–H groups in total. The van der Waals surface area contributed by atoms with Crippen LogP contribution < -0.4 is 10.5 Å². The molecule has 0 saturated carbocycles. The predicted molar refractivity (Wildman–Crippen MR) is 75.2 cm³/mol. The topological polar surface area (TPSA) is 75.9 Å². The van der Waals surface area contributed by atoms with Crippen LogP contribution in [-0.4, -0.2) is 54.9 Å². The number of nitrogens with zero attached hydrogens (tertiary/aromatic N) is 2. The molecule has 2 rings (SSSR count). The highest BCUT2D eigenvalue weighted by atomic mass is 16.5. The van der Waals surface area contributed by atoms with Crippen LogP contribution in [0.1, 0.15) is 6.42 Å². The normalized spacial score (nSPS) is 15.0. The van der Waals surface area contributed by atoms with Crippen LogP contribution in [0.25, 0.3) is 0 Å². The summed E-state index contributed by atoms with van der Waals surface area (Å²) in [5.74, 6) is 0.725. The molecule has 0 unspecified atom stereocenters. The zero-order valence-electron chi connectivity index (χ0n) is 11.3. The first-order valence-corrected chi connectivity index (χ1v) is 6.64. The SMILES string of the molecule is Nc1cccc(OCCC(=O)N2CCN(C=O)CC2)c1. The first-order valence-electron chi connectivity index (χ1n) is 6.64. The van der Waals surface area contributed by atoms with Gasteiger partial charge in [-0.25, -0.2) is 0 Å². The predicted octanol–water partition coefficient (Wildman–Crippen LogP) is 0.338. The van der Waals surface area contributed by atoms with E-state index in [-0.39, 0.29) is 5.91 Å². The average molecular weight is 277 g/mol. The monoisotopic (exact) mass is 277 g/mol. The summed E-state index contributed by atoms with van der Waals surface area (Å²) >= 11 is 0. The number of benzene rings is 1. The first kappa shape index (κ1) is 14.2. The van der Waals surface area contributed by atoms with Crippen molar-refractivity contribution in [2.45, 2.75) is 6.42 Å². The summed E-state index contributed by atoms with van der Waals surface area (Å²) in [5.41, 5.74) is 6.28. The lowest BCUT2D eigenvalue weighted by Gasteiger charge is -2.32. The number of carbonyl (C=O) groups excluding carboxylic acids is 2. The van der Waals surface area contributed by atoms with E-state index in [0.717, 1.165) is 6.41 Å². The molecule has 0 aromatic heterocycles. The molecule has 0 spiro atoms. The lowest BCUT2D eigenvalue weighted by Crippen LogP contribution is -2.48. The smallest absolute Gasteiger partial charge is 0.226 e. The zero-order valence-corrected chi connectivity index (χ0v) is 11.3. The molecule has 20 heavy (non-hydrogen) atoms. The van der Waals surface area contributed by atoms with Gasteiger partial charge in [-0.05, 0) is 12.1 Å². The molecule has 1 aromatic rings. The summed E-state index contributed by atoms with van der Waals surface area (Å²) in [4.78, 5) is 26.0. The van der Waals surface area contributed by atoms with E-state index in [1.165, 1.54) is 0 Å². The number of hydrogen-bond donors (Lipinski definition) is 1. The van der Waals surface area contributed by atoms with Crippen LogP contribution in [0.4, 0.5) is 5.69 Å². The second kappa shape index (κ2) is 6.79. The van der Waals surface area contributed by atoms with E-state index in [0.29, 0.717) is 50.6 Å². The second-order valence-corrected chi connectivity index (χ2v) is 4.69. The van der Waals surface area contributed by atoms with E-state index in [1.54, 1.807) is 21.9 Å².